The molecule has 176 valence electrons. The van der Waals surface area contributed by atoms with Gasteiger partial charge < -0.3 is 15.5 Å². The van der Waals surface area contributed by atoms with Crippen LogP contribution in [-0.2, 0) is 11.3 Å². The minimum Gasteiger partial charge on any atom is -0.326 e. The monoisotopic (exact) mass is 464 g/mol. The lowest BCUT2D eigenvalue weighted by molar-refractivity contribution is -0.117. The van der Waals surface area contributed by atoms with Gasteiger partial charge in [0.1, 0.15) is 0 Å². The third kappa shape index (κ3) is 5.39. The van der Waals surface area contributed by atoms with Gasteiger partial charge in [0.15, 0.2) is 0 Å². The van der Waals surface area contributed by atoms with Gasteiger partial charge in [-0.25, -0.2) is 0 Å². The number of nitrogens with zero attached hydrogens (tertiary/aromatic N) is 2. The minimum atomic E-state index is -0.143. The maximum atomic E-state index is 12.8. The average molecular weight is 465 g/mol. The van der Waals surface area contributed by atoms with Crippen molar-refractivity contribution in [3.63, 3.8) is 0 Å². The van der Waals surface area contributed by atoms with E-state index in [2.05, 4.69) is 20.5 Å². The summed E-state index contributed by atoms with van der Waals surface area (Å²) in [7, 11) is 4.03. The van der Waals surface area contributed by atoms with Crippen LogP contribution in [-0.4, -0.2) is 35.8 Å². The molecule has 2 N–H and O–H groups in total. The van der Waals surface area contributed by atoms with E-state index in [1.54, 1.807) is 6.20 Å². The molecule has 3 aromatic carbocycles. The zero-order valence-corrected chi connectivity index (χ0v) is 19.9. The number of hydrogen-bond acceptors (Lipinski definition) is 4. The molecule has 1 aromatic heterocycles. The molecule has 2 amide bonds. The van der Waals surface area contributed by atoms with E-state index in [9.17, 15) is 9.59 Å². The Morgan fingerprint density at radius 2 is 1.71 bits per heavy atom. The number of fused-ring (bicyclic) bond motifs is 1. The number of amides is 2. The zero-order chi connectivity index (χ0) is 24.4. The van der Waals surface area contributed by atoms with Crippen molar-refractivity contribution < 1.29 is 9.59 Å². The van der Waals surface area contributed by atoms with Gasteiger partial charge in [-0.15, -0.1) is 0 Å². The Balaban J connectivity index is 1.18. The lowest BCUT2D eigenvalue weighted by Crippen LogP contribution is -2.15. The Labute approximate surface area is 205 Å². The highest BCUT2D eigenvalue weighted by molar-refractivity contribution is 6.04. The van der Waals surface area contributed by atoms with Gasteiger partial charge in [0.2, 0.25) is 5.91 Å². The Kier molecular flexibility index (Phi) is 6.29. The van der Waals surface area contributed by atoms with Crippen LogP contribution in [0.5, 0.6) is 0 Å². The van der Waals surface area contributed by atoms with Crippen LogP contribution in [0.2, 0.25) is 0 Å². The number of aromatic nitrogens is 1. The van der Waals surface area contributed by atoms with Gasteiger partial charge >= 0.3 is 0 Å². The molecule has 0 bridgehead atoms. The zero-order valence-electron chi connectivity index (χ0n) is 19.9. The maximum absolute atomic E-state index is 12.8. The molecule has 2 atom stereocenters. The Bertz CT molecular complexity index is 1380. The molecule has 35 heavy (non-hydrogen) atoms. The summed E-state index contributed by atoms with van der Waals surface area (Å²) < 4.78 is 0. The van der Waals surface area contributed by atoms with Gasteiger partial charge in [0, 0.05) is 47.2 Å². The molecule has 1 aliphatic rings. The lowest BCUT2D eigenvalue weighted by atomic mass is 10.1. The normalized spacial score (nSPS) is 16.8. The Morgan fingerprint density at radius 3 is 2.51 bits per heavy atom. The third-order valence-corrected chi connectivity index (χ3v) is 6.32. The second kappa shape index (κ2) is 9.68. The first kappa shape index (κ1) is 22.7. The second-order valence-corrected chi connectivity index (χ2v) is 9.39. The van der Waals surface area contributed by atoms with Gasteiger partial charge in [0.25, 0.3) is 5.91 Å². The maximum Gasteiger partial charge on any atom is 0.255 e. The number of carbonyl (C=O) groups excluding carboxylic acids is 2. The molecule has 0 aliphatic heterocycles. The van der Waals surface area contributed by atoms with E-state index >= 15 is 0 Å². The summed E-state index contributed by atoms with van der Waals surface area (Å²) in [6.45, 7) is 0.812. The standard InChI is InChI=1S/C29H28N4O2/c1-33(2)18-19-4-3-5-24(14-19)31-28(34)21-8-6-20(7-9-21)26-16-27(26)29(35)32-25-11-10-23-17-30-13-12-22(23)15-25/h3-15,17,26-27H,16,18H2,1-2H3,(H,31,34)(H,32,35)/t26?,27-/m1/s1. The molecule has 0 saturated heterocycles. The number of carbonyl (C=O) groups is 2. The molecule has 1 fully saturated rings. The highest BCUT2D eigenvalue weighted by Crippen LogP contribution is 2.48. The highest BCUT2D eigenvalue weighted by Gasteiger charge is 2.43. The largest absolute Gasteiger partial charge is 0.326 e. The fourth-order valence-corrected chi connectivity index (χ4v) is 4.45. The van der Waals surface area contributed by atoms with Gasteiger partial charge in [-0.1, -0.05) is 30.3 Å². The summed E-state index contributed by atoms with van der Waals surface area (Å²) in [4.78, 5) is 31.7. The number of anilines is 2. The fraction of sp³-hybridized carbons (Fsp3) is 0.207. The first-order valence-corrected chi connectivity index (χ1v) is 11.8. The molecule has 6 heteroatoms. The van der Waals surface area contributed by atoms with E-state index < -0.39 is 0 Å². The molecule has 6 nitrogen and oxygen atoms in total. The van der Waals surface area contributed by atoms with Crippen LogP contribution in [0.25, 0.3) is 10.8 Å². The van der Waals surface area contributed by atoms with Crippen molar-refractivity contribution in [1.82, 2.24) is 9.88 Å². The SMILES string of the molecule is CN(C)Cc1cccc(NC(=O)c2ccc(C3C[C@H]3C(=O)Nc3ccc4cnccc4c3)cc2)c1. The van der Waals surface area contributed by atoms with Crippen molar-refractivity contribution in [2.24, 2.45) is 5.92 Å². The van der Waals surface area contributed by atoms with Crippen LogP contribution >= 0.6 is 0 Å². The van der Waals surface area contributed by atoms with E-state index in [-0.39, 0.29) is 23.7 Å². The molecule has 1 unspecified atom stereocenters. The Hall–Kier alpha value is -4.03. The van der Waals surface area contributed by atoms with Crippen molar-refractivity contribution in [3.05, 3.63) is 102 Å². The molecular formula is C29H28N4O2. The van der Waals surface area contributed by atoms with Crippen molar-refractivity contribution in [1.29, 1.82) is 0 Å². The van der Waals surface area contributed by atoms with E-state index in [1.807, 2.05) is 93.1 Å². The highest BCUT2D eigenvalue weighted by atomic mass is 16.2. The number of benzene rings is 3. The summed E-state index contributed by atoms with van der Waals surface area (Å²) in [5.41, 5.74) is 4.39. The van der Waals surface area contributed by atoms with Crippen LogP contribution in [0.1, 0.15) is 33.8 Å². The average Bonchev–Trinajstić information content (AvgIpc) is 3.65. The molecule has 4 aromatic rings. The summed E-state index contributed by atoms with van der Waals surface area (Å²) in [5.74, 6) is 0.0136. The predicted octanol–water partition coefficient (Wildman–Crippen LogP) is 5.29. The van der Waals surface area contributed by atoms with Crippen LogP contribution in [0.3, 0.4) is 0 Å². The van der Waals surface area contributed by atoms with E-state index in [1.165, 1.54) is 0 Å². The molecule has 5 rings (SSSR count). The van der Waals surface area contributed by atoms with E-state index in [4.69, 9.17) is 0 Å². The smallest absolute Gasteiger partial charge is 0.255 e. The molecule has 1 heterocycles. The van der Waals surface area contributed by atoms with Crippen LogP contribution in [0, 0.1) is 5.92 Å². The number of pyridine rings is 1. The van der Waals surface area contributed by atoms with Gasteiger partial charge in [0.05, 0.1) is 0 Å². The Morgan fingerprint density at radius 1 is 0.914 bits per heavy atom. The third-order valence-electron chi connectivity index (χ3n) is 6.32. The van der Waals surface area contributed by atoms with Gasteiger partial charge in [-0.2, -0.15) is 0 Å². The quantitative estimate of drug-likeness (QED) is 0.390. The molecule has 0 spiro atoms. The van der Waals surface area contributed by atoms with Gasteiger partial charge in [-0.05, 0) is 85.4 Å². The van der Waals surface area contributed by atoms with Crippen molar-refractivity contribution >= 4 is 34.0 Å². The summed E-state index contributed by atoms with van der Waals surface area (Å²) >= 11 is 0. The number of nitrogens with one attached hydrogen (secondary N) is 2. The summed E-state index contributed by atoms with van der Waals surface area (Å²) in [5, 5.41) is 8.11. The molecule has 1 saturated carbocycles. The van der Waals surface area contributed by atoms with Crippen LogP contribution in [0.4, 0.5) is 11.4 Å². The van der Waals surface area contributed by atoms with Crippen molar-refractivity contribution in [2.75, 3.05) is 24.7 Å². The number of hydrogen-bond donors (Lipinski definition) is 2. The minimum absolute atomic E-state index is 0.0304. The van der Waals surface area contributed by atoms with Crippen LogP contribution < -0.4 is 10.6 Å². The number of rotatable bonds is 7. The molecule has 0 radical (unpaired) electrons. The lowest BCUT2D eigenvalue weighted by Gasteiger charge is -2.11. The summed E-state index contributed by atoms with van der Waals surface area (Å²) in [6.07, 6.45) is 4.37. The van der Waals surface area contributed by atoms with Gasteiger partial charge in [-0.3, -0.25) is 14.6 Å². The topological polar surface area (TPSA) is 74.3 Å². The fourth-order valence-electron chi connectivity index (χ4n) is 4.45. The van der Waals surface area contributed by atoms with E-state index in [0.717, 1.165) is 46.2 Å². The van der Waals surface area contributed by atoms with Crippen LogP contribution in [0.15, 0.2) is 85.2 Å². The first-order valence-electron chi connectivity index (χ1n) is 11.8. The van der Waals surface area contributed by atoms with Crippen molar-refractivity contribution in [3.8, 4) is 0 Å². The second-order valence-electron chi connectivity index (χ2n) is 9.39. The predicted molar refractivity (Wildman–Crippen MR) is 139 cm³/mol. The summed E-state index contributed by atoms with van der Waals surface area (Å²) in [6, 6.07) is 23.2. The first-order chi connectivity index (χ1) is 17.0. The molecule has 1 aliphatic carbocycles. The van der Waals surface area contributed by atoms with E-state index in [0.29, 0.717) is 5.56 Å². The van der Waals surface area contributed by atoms with Crippen molar-refractivity contribution in [2.45, 2.75) is 18.9 Å². The molecular weight excluding hydrogens is 436 g/mol.